The Morgan fingerprint density at radius 2 is 2.09 bits per heavy atom. The topological polar surface area (TPSA) is 32.8 Å². The molecule has 0 aromatic heterocycles. The van der Waals surface area contributed by atoms with Gasteiger partial charge in [0, 0.05) is 19.2 Å². The third-order valence-corrected chi connectivity index (χ3v) is 4.91. The summed E-state index contributed by atoms with van der Waals surface area (Å²) in [5.41, 5.74) is 1.04. The van der Waals surface area contributed by atoms with E-state index in [2.05, 4.69) is 18.4 Å². The van der Waals surface area contributed by atoms with Gasteiger partial charge in [0.25, 0.3) is 5.91 Å². The van der Waals surface area contributed by atoms with Gasteiger partial charge in [-0.3, -0.25) is 9.69 Å². The van der Waals surface area contributed by atoms with Crippen molar-refractivity contribution in [2.45, 2.75) is 6.92 Å². The van der Waals surface area contributed by atoms with Crippen molar-refractivity contribution in [2.24, 2.45) is 0 Å². The number of benzene rings is 1. The maximum Gasteiger partial charge on any atom is 0.266 e. The molecule has 0 spiro atoms. The number of rotatable bonds is 4. The highest BCUT2D eigenvalue weighted by Gasteiger charge is 2.31. The van der Waals surface area contributed by atoms with Crippen LogP contribution in [0.4, 0.5) is 5.69 Å². The third kappa shape index (κ3) is 2.92. The number of ether oxygens (including phenoxy) is 1. The van der Waals surface area contributed by atoms with Crippen LogP contribution in [0.25, 0.3) is 0 Å². The van der Waals surface area contributed by atoms with Gasteiger partial charge in [-0.25, -0.2) is 0 Å². The number of para-hydroxylation sites is 2. The summed E-state index contributed by atoms with van der Waals surface area (Å²) in [6.07, 6.45) is 5.26. The molecule has 1 fully saturated rings. The molecule has 4 nitrogen and oxygen atoms in total. The molecule has 2 aliphatic rings. The summed E-state index contributed by atoms with van der Waals surface area (Å²) in [5, 5.41) is 0. The maximum atomic E-state index is 12.3. The van der Waals surface area contributed by atoms with Crippen LogP contribution in [-0.2, 0) is 4.79 Å². The summed E-state index contributed by atoms with van der Waals surface area (Å²) in [4.78, 5) is 16.5. The number of amides is 1. The van der Waals surface area contributed by atoms with Crippen molar-refractivity contribution in [3.63, 3.8) is 0 Å². The number of allylic oxidation sites excluding steroid dienone is 2. The number of thioether (sulfide) groups is 1. The quantitative estimate of drug-likeness (QED) is 0.473. The van der Waals surface area contributed by atoms with Gasteiger partial charge in [-0.15, -0.1) is 6.58 Å². The van der Waals surface area contributed by atoms with Gasteiger partial charge in [-0.1, -0.05) is 42.2 Å². The normalized spacial score (nSPS) is 20.4. The Kier molecular flexibility index (Phi) is 4.54. The molecule has 0 bridgehead atoms. The van der Waals surface area contributed by atoms with Gasteiger partial charge in [0.05, 0.1) is 10.6 Å². The molecule has 1 saturated heterocycles. The molecule has 23 heavy (non-hydrogen) atoms. The third-order valence-electron chi connectivity index (χ3n) is 3.52. The summed E-state index contributed by atoms with van der Waals surface area (Å²) in [5.74, 6) is 1.45. The lowest BCUT2D eigenvalue weighted by atomic mass is 10.3. The fraction of sp³-hybridized carbons (Fsp3) is 0.176. The van der Waals surface area contributed by atoms with Crippen LogP contribution in [0.1, 0.15) is 6.92 Å². The summed E-state index contributed by atoms with van der Waals surface area (Å²) >= 11 is 6.53. The highest BCUT2D eigenvalue weighted by atomic mass is 32.2. The number of carbonyl (C=O) groups is 1. The Balaban J connectivity index is 1.85. The van der Waals surface area contributed by atoms with E-state index in [1.807, 2.05) is 30.3 Å². The van der Waals surface area contributed by atoms with Crippen LogP contribution in [0.5, 0.6) is 5.75 Å². The van der Waals surface area contributed by atoms with Crippen LogP contribution in [0.3, 0.4) is 0 Å². The zero-order chi connectivity index (χ0) is 16.4. The van der Waals surface area contributed by atoms with Crippen LogP contribution < -0.4 is 9.64 Å². The fourth-order valence-electron chi connectivity index (χ4n) is 2.45. The van der Waals surface area contributed by atoms with E-state index in [1.165, 1.54) is 11.8 Å². The summed E-state index contributed by atoms with van der Waals surface area (Å²) in [6.45, 7) is 6.93. The van der Waals surface area contributed by atoms with E-state index >= 15 is 0 Å². The van der Waals surface area contributed by atoms with Crippen LogP contribution in [0.15, 0.2) is 59.9 Å². The molecule has 1 aromatic carbocycles. The molecule has 0 atom stereocenters. The number of carbonyl (C=O) groups excluding carboxylic acids is 1. The van der Waals surface area contributed by atoms with Gasteiger partial charge < -0.3 is 9.64 Å². The van der Waals surface area contributed by atoms with E-state index in [-0.39, 0.29) is 5.91 Å². The minimum Gasteiger partial charge on any atom is -0.439 e. The van der Waals surface area contributed by atoms with Crippen LogP contribution in [-0.4, -0.2) is 28.2 Å². The van der Waals surface area contributed by atoms with Gasteiger partial charge in [-0.05, 0) is 25.1 Å². The van der Waals surface area contributed by atoms with Crippen molar-refractivity contribution >= 4 is 39.9 Å². The lowest BCUT2D eigenvalue weighted by Gasteiger charge is -2.14. The lowest BCUT2D eigenvalue weighted by molar-refractivity contribution is -0.121. The van der Waals surface area contributed by atoms with Crippen LogP contribution >= 0.6 is 24.0 Å². The van der Waals surface area contributed by atoms with E-state index in [0.717, 1.165) is 18.0 Å². The Morgan fingerprint density at radius 3 is 2.83 bits per heavy atom. The van der Waals surface area contributed by atoms with E-state index in [9.17, 15) is 4.79 Å². The van der Waals surface area contributed by atoms with E-state index in [0.29, 0.717) is 21.7 Å². The first-order chi connectivity index (χ1) is 11.2. The predicted molar refractivity (Wildman–Crippen MR) is 98.4 cm³/mol. The Bertz CT molecular complexity index is 740. The van der Waals surface area contributed by atoms with Gasteiger partial charge in [-0.2, -0.15) is 0 Å². The van der Waals surface area contributed by atoms with Crippen LogP contribution in [0, 0.1) is 0 Å². The van der Waals surface area contributed by atoms with Gasteiger partial charge in [0.2, 0.25) is 5.88 Å². The second kappa shape index (κ2) is 6.60. The Hall–Kier alpha value is -2.05. The van der Waals surface area contributed by atoms with Gasteiger partial charge >= 0.3 is 0 Å². The molecule has 6 heteroatoms. The summed E-state index contributed by atoms with van der Waals surface area (Å²) < 4.78 is 6.42. The standard InChI is InChI=1S/C17H16N2O2S2/c1-3-11-19-16(20)14(23-17(19)22)9-10-15-18(4-2)12-7-5-6-8-13(12)21-15/h3,5-10H,1,4,11H2,2H3/b14-9-,15-10+. The molecule has 2 heterocycles. The van der Waals surface area contributed by atoms with E-state index in [4.69, 9.17) is 17.0 Å². The minimum atomic E-state index is -0.0877. The highest BCUT2D eigenvalue weighted by Crippen LogP contribution is 2.38. The minimum absolute atomic E-state index is 0.0877. The number of hydrogen-bond acceptors (Lipinski definition) is 5. The molecule has 0 aliphatic carbocycles. The fourth-order valence-corrected chi connectivity index (χ4v) is 3.67. The average molecular weight is 344 g/mol. The number of thiocarbonyl (C=S) groups is 1. The zero-order valence-electron chi connectivity index (χ0n) is 12.7. The van der Waals surface area contributed by atoms with Crippen molar-refractivity contribution in [1.82, 2.24) is 4.90 Å². The monoisotopic (exact) mass is 344 g/mol. The average Bonchev–Trinajstić information content (AvgIpc) is 3.04. The molecule has 1 aromatic rings. The molecule has 2 aliphatic heterocycles. The van der Waals surface area contributed by atoms with Crippen molar-refractivity contribution in [3.05, 3.63) is 59.9 Å². The van der Waals surface area contributed by atoms with Crippen molar-refractivity contribution < 1.29 is 9.53 Å². The molecule has 0 radical (unpaired) electrons. The second-order valence-corrected chi connectivity index (χ2v) is 6.60. The van der Waals surface area contributed by atoms with Crippen molar-refractivity contribution in [3.8, 4) is 5.75 Å². The molecule has 0 saturated carbocycles. The van der Waals surface area contributed by atoms with Crippen LogP contribution in [0.2, 0.25) is 0 Å². The molecular weight excluding hydrogens is 328 g/mol. The van der Waals surface area contributed by atoms with E-state index < -0.39 is 0 Å². The second-order valence-electron chi connectivity index (χ2n) is 4.92. The molecule has 3 rings (SSSR count). The van der Waals surface area contributed by atoms with E-state index in [1.54, 1.807) is 17.1 Å². The molecule has 0 N–H and O–H groups in total. The predicted octanol–water partition coefficient (Wildman–Crippen LogP) is 3.68. The SMILES string of the molecule is C=CCN1C(=O)/C(=C/C=C2/Oc3ccccc3N2CC)SC1=S. The summed E-state index contributed by atoms with van der Waals surface area (Å²) in [6, 6.07) is 7.87. The number of hydrogen-bond donors (Lipinski definition) is 0. The zero-order valence-corrected chi connectivity index (χ0v) is 14.3. The largest absolute Gasteiger partial charge is 0.439 e. The number of anilines is 1. The molecule has 118 valence electrons. The number of fused-ring (bicyclic) bond motifs is 1. The van der Waals surface area contributed by atoms with Crippen molar-refractivity contribution in [2.75, 3.05) is 18.0 Å². The first-order valence-corrected chi connectivity index (χ1v) is 8.49. The number of nitrogens with zero attached hydrogens (tertiary/aromatic N) is 2. The smallest absolute Gasteiger partial charge is 0.266 e. The Morgan fingerprint density at radius 1 is 1.30 bits per heavy atom. The Labute approximate surface area is 145 Å². The maximum absolute atomic E-state index is 12.3. The first kappa shape index (κ1) is 15.8. The summed E-state index contributed by atoms with van der Waals surface area (Å²) in [7, 11) is 0. The van der Waals surface area contributed by atoms with Gasteiger partial charge in [0.1, 0.15) is 4.32 Å². The molecule has 1 amide bonds. The first-order valence-electron chi connectivity index (χ1n) is 7.26. The molecular formula is C17H16N2O2S2. The van der Waals surface area contributed by atoms with Gasteiger partial charge in [0.15, 0.2) is 5.75 Å². The highest BCUT2D eigenvalue weighted by molar-refractivity contribution is 8.26. The molecule has 0 unspecified atom stereocenters. The van der Waals surface area contributed by atoms with Crippen molar-refractivity contribution in [1.29, 1.82) is 0 Å². The lowest BCUT2D eigenvalue weighted by Crippen LogP contribution is -2.27.